The quantitative estimate of drug-likeness (QED) is 0.684. The van der Waals surface area contributed by atoms with Crippen LogP contribution in [0, 0.1) is 0 Å². The van der Waals surface area contributed by atoms with E-state index in [2.05, 4.69) is 0 Å². The Balaban J connectivity index is 2.87. The summed E-state index contributed by atoms with van der Waals surface area (Å²) >= 11 is 0. The van der Waals surface area contributed by atoms with Crippen molar-refractivity contribution in [2.75, 3.05) is 21.3 Å². The van der Waals surface area contributed by atoms with Gasteiger partial charge in [-0.3, -0.25) is 0 Å². The molecule has 4 nitrogen and oxygen atoms in total. The first-order chi connectivity index (χ1) is 7.69. The summed E-state index contributed by atoms with van der Waals surface area (Å²) in [6.45, 7) is 3.95. The third kappa shape index (κ3) is 2.63. The molecule has 0 N–H and O–H groups in total. The lowest BCUT2D eigenvalue weighted by molar-refractivity contribution is -0.226. The van der Waals surface area contributed by atoms with E-state index in [1.807, 2.05) is 26.0 Å². The van der Waals surface area contributed by atoms with Crippen molar-refractivity contribution in [1.29, 1.82) is 0 Å². The Hall–Kier alpha value is -0.420. The third-order valence-corrected chi connectivity index (χ3v) is 3.00. The molecule has 0 aliphatic carbocycles. The van der Waals surface area contributed by atoms with E-state index < -0.39 is 0 Å². The number of methoxy groups -OCH3 is 3. The van der Waals surface area contributed by atoms with Crippen molar-refractivity contribution < 1.29 is 18.9 Å². The molecule has 0 bridgehead atoms. The van der Waals surface area contributed by atoms with Crippen molar-refractivity contribution in [3.63, 3.8) is 0 Å². The smallest absolute Gasteiger partial charge is 0.116 e. The first kappa shape index (κ1) is 13.6. The van der Waals surface area contributed by atoms with Crippen molar-refractivity contribution in [1.82, 2.24) is 0 Å². The zero-order valence-corrected chi connectivity index (χ0v) is 10.7. The van der Waals surface area contributed by atoms with E-state index in [9.17, 15) is 0 Å². The highest BCUT2D eigenvalue weighted by Gasteiger charge is 2.44. The topological polar surface area (TPSA) is 36.9 Å². The second kappa shape index (κ2) is 6.35. The molecule has 16 heavy (non-hydrogen) atoms. The molecule has 0 spiro atoms. The van der Waals surface area contributed by atoms with Crippen molar-refractivity contribution in [2.24, 2.45) is 0 Å². The molecule has 0 amide bonds. The fourth-order valence-corrected chi connectivity index (χ4v) is 2.25. The minimum Gasteiger partial charge on any atom is -0.376 e. The lowest BCUT2D eigenvalue weighted by Gasteiger charge is -2.43. The summed E-state index contributed by atoms with van der Waals surface area (Å²) in [7, 11) is 5.01. The van der Waals surface area contributed by atoms with Crippen LogP contribution in [0.15, 0.2) is 12.2 Å². The molecule has 1 fully saturated rings. The molecule has 1 aliphatic heterocycles. The molecule has 1 aliphatic rings. The Morgan fingerprint density at radius 3 is 1.94 bits per heavy atom. The van der Waals surface area contributed by atoms with Gasteiger partial charge in [-0.1, -0.05) is 12.2 Å². The van der Waals surface area contributed by atoms with Crippen LogP contribution >= 0.6 is 0 Å². The van der Waals surface area contributed by atoms with Gasteiger partial charge in [-0.15, -0.1) is 0 Å². The number of hydrogen-bond donors (Lipinski definition) is 0. The van der Waals surface area contributed by atoms with Crippen LogP contribution in [0.1, 0.15) is 13.8 Å². The predicted octanol–water partition coefficient (Wildman–Crippen LogP) is 1.39. The van der Waals surface area contributed by atoms with Crippen LogP contribution in [0.4, 0.5) is 0 Å². The van der Waals surface area contributed by atoms with Crippen molar-refractivity contribution in [2.45, 2.75) is 44.4 Å². The first-order valence-corrected chi connectivity index (χ1v) is 5.56. The maximum atomic E-state index is 5.85. The Morgan fingerprint density at radius 1 is 0.938 bits per heavy atom. The molecule has 1 heterocycles. The van der Waals surface area contributed by atoms with Gasteiger partial charge in [0, 0.05) is 21.3 Å². The molecule has 0 unspecified atom stereocenters. The molecule has 0 radical (unpaired) electrons. The van der Waals surface area contributed by atoms with E-state index in [1.54, 1.807) is 21.3 Å². The van der Waals surface area contributed by atoms with E-state index in [0.29, 0.717) is 0 Å². The van der Waals surface area contributed by atoms with Crippen molar-refractivity contribution in [3.8, 4) is 0 Å². The SMILES string of the molecule is C/C=C/[C@@H]1O[C@@H](C)[C@H](OC)[C@@H](OC)[C@H]1OC. The predicted molar refractivity (Wildman–Crippen MR) is 61.5 cm³/mol. The lowest BCUT2D eigenvalue weighted by Crippen LogP contribution is -2.58. The normalized spacial score (nSPS) is 40.4. The van der Waals surface area contributed by atoms with E-state index >= 15 is 0 Å². The van der Waals surface area contributed by atoms with Crippen molar-refractivity contribution >= 4 is 0 Å². The largest absolute Gasteiger partial charge is 0.376 e. The van der Waals surface area contributed by atoms with Crippen LogP contribution < -0.4 is 0 Å². The summed E-state index contributed by atoms with van der Waals surface area (Å²) in [5.74, 6) is 0. The third-order valence-electron chi connectivity index (χ3n) is 3.00. The van der Waals surface area contributed by atoms with Gasteiger partial charge in [-0.05, 0) is 13.8 Å². The van der Waals surface area contributed by atoms with Crippen LogP contribution in [0.25, 0.3) is 0 Å². The molecule has 1 rings (SSSR count). The van der Waals surface area contributed by atoms with E-state index in [0.717, 1.165) is 0 Å². The number of hydrogen-bond acceptors (Lipinski definition) is 4. The van der Waals surface area contributed by atoms with Crippen LogP contribution in [0.2, 0.25) is 0 Å². The second-order valence-electron chi connectivity index (χ2n) is 3.93. The van der Waals surface area contributed by atoms with Gasteiger partial charge >= 0.3 is 0 Å². The zero-order chi connectivity index (χ0) is 12.1. The van der Waals surface area contributed by atoms with E-state index in [4.69, 9.17) is 18.9 Å². The maximum absolute atomic E-state index is 5.85. The summed E-state index contributed by atoms with van der Waals surface area (Å²) < 4.78 is 22.2. The molecular formula is C12H22O4. The Bertz CT molecular complexity index is 229. The van der Waals surface area contributed by atoms with Crippen LogP contribution in [-0.4, -0.2) is 51.8 Å². The molecule has 0 aromatic rings. The molecule has 0 saturated carbocycles. The fraction of sp³-hybridized carbons (Fsp3) is 0.833. The summed E-state index contributed by atoms with van der Waals surface area (Å²) in [6, 6.07) is 0. The zero-order valence-electron chi connectivity index (χ0n) is 10.7. The van der Waals surface area contributed by atoms with Gasteiger partial charge in [0.15, 0.2) is 0 Å². The maximum Gasteiger partial charge on any atom is 0.116 e. The van der Waals surface area contributed by atoms with E-state index in [-0.39, 0.29) is 30.5 Å². The molecular weight excluding hydrogens is 208 g/mol. The lowest BCUT2D eigenvalue weighted by atomic mass is 9.95. The summed E-state index contributed by atoms with van der Waals surface area (Å²) in [5.41, 5.74) is 0. The average molecular weight is 230 g/mol. The van der Waals surface area contributed by atoms with Crippen LogP contribution in [0.5, 0.6) is 0 Å². The summed E-state index contributed by atoms with van der Waals surface area (Å²) in [5, 5.41) is 0. The van der Waals surface area contributed by atoms with Crippen LogP contribution in [-0.2, 0) is 18.9 Å². The van der Waals surface area contributed by atoms with Gasteiger partial charge in [0.2, 0.25) is 0 Å². The molecule has 5 atom stereocenters. The van der Waals surface area contributed by atoms with Gasteiger partial charge in [0.25, 0.3) is 0 Å². The minimum absolute atomic E-state index is 0.0115. The standard InChI is InChI=1S/C12H22O4/c1-6-7-9-11(14-4)12(15-5)10(13-3)8(2)16-9/h6-12H,1-5H3/b7-6+/t8-,9-,10-,11-,12+/m0/s1. The highest BCUT2D eigenvalue weighted by atomic mass is 16.6. The van der Waals surface area contributed by atoms with Gasteiger partial charge < -0.3 is 18.9 Å². The van der Waals surface area contributed by atoms with Crippen LogP contribution in [0.3, 0.4) is 0 Å². The Kier molecular flexibility index (Phi) is 5.41. The van der Waals surface area contributed by atoms with E-state index in [1.165, 1.54) is 0 Å². The van der Waals surface area contributed by atoms with Gasteiger partial charge in [-0.2, -0.15) is 0 Å². The molecule has 1 saturated heterocycles. The highest BCUT2D eigenvalue weighted by Crippen LogP contribution is 2.27. The molecule has 4 heteroatoms. The summed E-state index contributed by atoms with van der Waals surface area (Å²) in [4.78, 5) is 0. The molecule has 0 aromatic heterocycles. The number of ether oxygens (including phenoxy) is 4. The summed E-state index contributed by atoms with van der Waals surface area (Å²) in [6.07, 6.45) is 3.51. The Morgan fingerprint density at radius 2 is 1.50 bits per heavy atom. The molecule has 0 aromatic carbocycles. The van der Waals surface area contributed by atoms with Gasteiger partial charge in [0.05, 0.1) is 6.10 Å². The van der Waals surface area contributed by atoms with Crippen molar-refractivity contribution in [3.05, 3.63) is 12.2 Å². The minimum atomic E-state index is -0.137. The number of rotatable bonds is 4. The number of allylic oxidation sites excluding steroid dienone is 1. The monoisotopic (exact) mass is 230 g/mol. The average Bonchev–Trinajstić information content (AvgIpc) is 2.28. The fourth-order valence-electron chi connectivity index (χ4n) is 2.25. The van der Waals surface area contributed by atoms with Gasteiger partial charge in [-0.25, -0.2) is 0 Å². The first-order valence-electron chi connectivity index (χ1n) is 5.56. The second-order valence-corrected chi connectivity index (χ2v) is 3.93. The van der Waals surface area contributed by atoms with Gasteiger partial charge in [0.1, 0.15) is 24.4 Å². The highest BCUT2D eigenvalue weighted by molar-refractivity contribution is 5.02. The Labute approximate surface area is 97.5 Å². The molecule has 94 valence electrons.